The molecule has 0 aliphatic heterocycles. The number of anilines is 1. The van der Waals surface area contributed by atoms with Crippen LogP contribution in [0.2, 0.25) is 0 Å². The SMILES string of the molecule is Cc1nc(NCc2ccccc2)cc(C(=O)O)n1. The molecule has 0 bridgehead atoms. The first-order valence-corrected chi connectivity index (χ1v) is 5.52. The molecule has 1 aromatic heterocycles. The van der Waals surface area contributed by atoms with Crippen LogP contribution >= 0.6 is 0 Å². The molecule has 0 amide bonds. The molecular formula is C13H13N3O2. The number of rotatable bonds is 4. The number of carbonyl (C=O) groups is 1. The van der Waals surface area contributed by atoms with E-state index in [4.69, 9.17) is 5.11 Å². The quantitative estimate of drug-likeness (QED) is 0.860. The Kier molecular flexibility index (Phi) is 3.52. The van der Waals surface area contributed by atoms with Gasteiger partial charge in [-0.15, -0.1) is 0 Å². The second kappa shape index (κ2) is 5.27. The summed E-state index contributed by atoms with van der Waals surface area (Å²) in [6.07, 6.45) is 0. The molecule has 2 N–H and O–H groups in total. The molecule has 5 heteroatoms. The van der Waals surface area contributed by atoms with Crippen molar-refractivity contribution in [2.75, 3.05) is 5.32 Å². The third-order valence-electron chi connectivity index (χ3n) is 2.37. The van der Waals surface area contributed by atoms with E-state index in [0.717, 1.165) is 5.56 Å². The number of benzene rings is 1. The summed E-state index contributed by atoms with van der Waals surface area (Å²) in [7, 11) is 0. The van der Waals surface area contributed by atoms with E-state index in [1.165, 1.54) is 6.07 Å². The Balaban J connectivity index is 2.12. The van der Waals surface area contributed by atoms with E-state index in [0.29, 0.717) is 18.2 Å². The Morgan fingerprint density at radius 2 is 2.00 bits per heavy atom. The predicted molar refractivity (Wildman–Crippen MR) is 67.5 cm³/mol. The molecule has 1 aromatic carbocycles. The molecule has 0 spiro atoms. The maximum Gasteiger partial charge on any atom is 0.354 e. The van der Waals surface area contributed by atoms with Gasteiger partial charge in [-0.1, -0.05) is 30.3 Å². The van der Waals surface area contributed by atoms with Gasteiger partial charge in [-0.2, -0.15) is 0 Å². The van der Waals surface area contributed by atoms with E-state index in [9.17, 15) is 4.79 Å². The van der Waals surface area contributed by atoms with E-state index in [-0.39, 0.29) is 5.69 Å². The van der Waals surface area contributed by atoms with Crippen LogP contribution in [0, 0.1) is 6.92 Å². The van der Waals surface area contributed by atoms with Crippen molar-refractivity contribution in [3.8, 4) is 0 Å². The summed E-state index contributed by atoms with van der Waals surface area (Å²) < 4.78 is 0. The maximum atomic E-state index is 10.9. The second-order valence-corrected chi connectivity index (χ2v) is 3.83. The largest absolute Gasteiger partial charge is 0.477 e. The van der Waals surface area contributed by atoms with Gasteiger partial charge in [-0.25, -0.2) is 14.8 Å². The normalized spacial score (nSPS) is 10.1. The summed E-state index contributed by atoms with van der Waals surface area (Å²) in [5, 5.41) is 12.0. The van der Waals surface area contributed by atoms with Crippen LogP contribution in [0.25, 0.3) is 0 Å². The van der Waals surface area contributed by atoms with Gasteiger partial charge in [0.15, 0.2) is 5.69 Å². The van der Waals surface area contributed by atoms with Crippen LogP contribution in [-0.4, -0.2) is 21.0 Å². The zero-order chi connectivity index (χ0) is 13.0. The van der Waals surface area contributed by atoms with Gasteiger partial charge in [-0.05, 0) is 12.5 Å². The number of aromatic carboxylic acids is 1. The highest BCUT2D eigenvalue weighted by Gasteiger charge is 2.08. The minimum atomic E-state index is -1.05. The number of nitrogens with one attached hydrogen (secondary N) is 1. The van der Waals surface area contributed by atoms with Gasteiger partial charge in [-0.3, -0.25) is 0 Å². The monoisotopic (exact) mass is 243 g/mol. The third-order valence-corrected chi connectivity index (χ3v) is 2.37. The molecule has 0 atom stereocenters. The highest BCUT2D eigenvalue weighted by Crippen LogP contribution is 2.09. The summed E-state index contributed by atoms with van der Waals surface area (Å²) in [5.74, 6) is -0.0996. The molecule has 2 rings (SSSR count). The van der Waals surface area contributed by atoms with Crippen molar-refractivity contribution < 1.29 is 9.90 Å². The molecule has 0 fully saturated rings. The van der Waals surface area contributed by atoms with Crippen molar-refractivity contribution in [1.82, 2.24) is 9.97 Å². The first-order chi connectivity index (χ1) is 8.65. The average molecular weight is 243 g/mol. The zero-order valence-electron chi connectivity index (χ0n) is 9.92. The van der Waals surface area contributed by atoms with Crippen molar-refractivity contribution in [1.29, 1.82) is 0 Å². The predicted octanol–water partition coefficient (Wildman–Crippen LogP) is 2.10. The molecule has 0 aliphatic rings. The molecule has 92 valence electrons. The summed E-state index contributed by atoms with van der Waals surface area (Å²) in [5.41, 5.74) is 1.10. The van der Waals surface area contributed by atoms with Gasteiger partial charge in [0.25, 0.3) is 0 Å². The van der Waals surface area contributed by atoms with Gasteiger partial charge < -0.3 is 10.4 Å². The van der Waals surface area contributed by atoms with Crippen molar-refractivity contribution in [3.63, 3.8) is 0 Å². The average Bonchev–Trinajstić information content (AvgIpc) is 2.37. The smallest absolute Gasteiger partial charge is 0.354 e. The Labute approximate surface area is 105 Å². The molecule has 0 radical (unpaired) electrons. The number of hydrogen-bond acceptors (Lipinski definition) is 4. The Morgan fingerprint density at radius 3 is 2.67 bits per heavy atom. The maximum absolute atomic E-state index is 10.9. The second-order valence-electron chi connectivity index (χ2n) is 3.83. The fraction of sp³-hybridized carbons (Fsp3) is 0.154. The first kappa shape index (κ1) is 12.0. The van der Waals surface area contributed by atoms with Crippen LogP contribution in [0.15, 0.2) is 36.4 Å². The van der Waals surface area contributed by atoms with Crippen LogP contribution < -0.4 is 5.32 Å². The molecule has 0 saturated heterocycles. The fourth-order valence-electron chi connectivity index (χ4n) is 1.56. The zero-order valence-corrected chi connectivity index (χ0v) is 9.92. The van der Waals surface area contributed by atoms with Crippen molar-refractivity contribution in [2.45, 2.75) is 13.5 Å². The van der Waals surface area contributed by atoms with Crippen LogP contribution in [0.3, 0.4) is 0 Å². The molecule has 0 aliphatic carbocycles. The fourth-order valence-corrected chi connectivity index (χ4v) is 1.56. The molecule has 2 aromatic rings. The lowest BCUT2D eigenvalue weighted by Crippen LogP contribution is -2.08. The lowest BCUT2D eigenvalue weighted by atomic mass is 10.2. The summed E-state index contributed by atoms with van der Waals surface area (Å²) in [6.45, 7) is 2.26. The van der Waals surface area contributed by atoms with Crippen molar-refractivity contribution in [3.05, 3.63) is 53.5 Å². The number of carboxylic acid groups (broad SMARTS) is 1. The van der Waals surface area contributed by atoms with E-state index in [1.807, 2.05) is 30.3 Å². The molecule has 5 nitrogen and oxygen atoms in total. The lowest BCUT2D eigenvalue weighted by Gasteiger charge is -2.07. The Hall–Kier alpha value is -2.43. The first-order valence-electron chi connectivity index (χ1n) is 5.52. The van der Waals surface area contributed by atoms with E-state index in [2.05, 4.69) is 15.3 Å². The van der Waals surface area contributed by atoms with Gasteiger partial charge >= 0.3 is 5.97 Å². The molecular weight excluding hydrogens is 230 g/mol. The lowest BCUT2D eigenvalue weighted by molar-refractivity contribution is 0.0690. The number of carboxylic acids is 1. The minimum Gasteiger partial charge on any atom is -0.477 e. The topological polar surface area (TPSA) is 75.1 Å². The highest BCUT2D eigenvalue weighted by atomic mass is 16.4. The molecule has 0 unspecified atom stereocenters. The number of nitrogens with zero attached hydrogens (tertiary/aromatic N) is 2. The number of aromatic nitrogens is 2. The highest BCUT2D eigenvalue weighted by molar-refractivity contribution is 5.86. The van der Waals surface area contributed by atoms with Crippen LogP contribution in [0.1, 0.15) is 21.9 Å². The van der Waals surface area contributed by atoms with Gasteiger partial charge in [0.05, 0.1) is 0 Å². The molecule has 0 saturated carbocycles. The number of hydrogen-bond donors (Lipinski definition) is 2. The molecule has 18 heavy (non-hydrogen) atoms. The van der Waals surface area contributed by atoms with Crippen molar-refractivity contribution >= 4 is 11.8 Å². The van der Waals surface area contributed by atoms with E-state index in [1.54, 1.807) is 6.92 Å². The third kappa shape index (κ3) is 3.04. The summed E-state index contributed by atoms with van der Waals surface area (Å²) in [4.78, 5) is 18.8. The minimum absolute atomic E-state index is 0.00179. The standard InChI is InChI=1S/C13H13N3O2/c1-9-15-11(13(17)18)7-12(16-9)14-8-10-5-3-2-4-6-10/h2-7H,8H2,1H3,(H,17,18)(H,14,15,16). The van der Waals surface area contributed by atoms with Gasteiger partial charge in [0.2, 0.25) is 0 Å². The van der Waals surface area contributed by atoms with E-state index >= 15 is 0 Å². The van der Waals surface area contributed by atoms with Crippen molar-refractivity contribution in [2.24, 2.45) is 0 Å². The Bertz CT molecular complexity index is 555. The van der Waals surface area contributed by atoms with Crippen LogP contribution in [-0.2, 0) is 6.54 Å². The van der Waals surface area contributed by atoms with Gasteiger partial charge in [0, 0.05) is 12.6 Å². The van der Waals surface area contributed by atoms with Crippen LogP contribution in [0.5, 0.6) is 0 Å². The summed E-state index contributed by atoms with van der Waals surface area (Å²) in [6, 6.07) is 11.2. The Morgan fingerprint density at radius 1 is 1.28 bits per heavy atom. The summed E-state index contributed by atoms with van der Waals surface area (Å²) >= 11 is 0. The van der Waals surface area contributed by atoms with E-state index < -0.39 is 5.97 Å². The molecule has 1 heterocycles. The van der Waals surface area contributed by atoms with Gasteiger partial charge in [0.1, 0.15) is 11.6 Å². The van der Waals surface area contributed by atoms with Crippen LogP contribution in [0.4, 0.5) is 5.82 Å². The number of aryl methyl sites for hydroxylation is 1.